The van der Waals surface area contributed by atoms with Crippen LogP contribution in [-0.2, 0) is 6.54 Å². The third-order valence-electron chi connectivity index (χ3n) is 1.83. The van der Waals surface area contributed by atoms with Gasteiger partial charge >= 0.3 is 0 Å². The number of hydrogen-bond acceptors (Lipinski definition) is 3. The van der Waals surface area contributed by atoms with Gasteiger partial charge in [0.05, 0.1) is 13.2 Å². The zero-order valence-electron chi connectivity index (χ0n) is 8.87. The molecule has 0 fully saturated rings. The quantitative estimate of drug-likeness (QED) is 0.565. The van der Waals surface area contributed by atoms with Crippen molar-refractivity contribution < 1.29 is 22.3 Å². The Kier molecular flexibility index (Phi) is 8.09. The SMILES string of the molecule is CCOc1cccc(CNCCO)c1.[Cl-]. The van der Waals surface area contributed by atoms with Crippen LogP contribution in [0.4, 0.5) is 0 Å². The van der Waals surface area contributed by atoms with Crippen molar-refractivity contribution in [2.24, 2.45) is 0 Å². The lowest BCUT2D eigenvalue weighted by atomic mass is 10.2. The van der Waals surface area contributed by atoms with E-state index in [1.165, 1.54) is 5.56 Å². The van der Waals surface area contributed by atoms with Crippen molar-refractivity contribution in [3.63, 3.8) is 0 Å². The summed E-state index contributed by atoms with van der Waals surface area (Å²) in [6.07, 6.45) is 0. The first-order chi connectivity index (χ1) is 6.86. The minimum Gasteiger partial charge on any atom is -1.00 e. The van der Waals surface area contributed by atoms with E-state index in [9.17, 15) is 0 Å². The minimum absolute atomic E-state index is 0. The lowest BCUT2D eigenvalue weighted by molar-refractivity contribution is -0.00000461. The van der Waals surface area contributed by atoms with Gasteiger partial charge < -0.3 is 27.6 Å². The second kappa shape index (κ2) is 8.53. The van der Waals surface area contributed by atoms with Gasteiger partial charge in [-0.05, 0) is 24.6 Å². The highest BCUT2D eigenvalue weighted by molar-refractivity contribution is 5.28. The van der Waals surface area contributed by atoms with Crippen LogP contribution in [0.5, 0.6) is 5.75 Å². The van der Waals surface area contributed by atoms with Crippen molar-refractivity contribution in [2.45, 2.75) is 13.5 Å². The molecule has 0 aliphatic rings. The molecule has 4 heteroatoms. The van der Waals surface area contributed by atoms with E-state index in [1.807, 2.05) is 31.2 Å². The van der Waals surface area contributed by atoms with E-state index < -0.39 is 0 Å². The molecular formula is C11H17ClNO2-. The summed E-state index contributed by atoms with van der Waals surface area (Å²) in [7, 11) is 0. The summed E-state index contributed by atoms with van der Waals surface area (Å²) in [5.74, 6) is 0.899. The average Bonchev–Trinajstić information content (AvgIpc) is 2.19. The highest BCUT2D eigenvalue weighted by Gasteiger charge is 1.95. The average molecular weight is 231 g/mol. The van der Waals surface area contributed by atoms with Gasteiger partial charge in [0.1, 0.15) is 5.75 Å². The number of aliphatic hydroxyl groups excluding tert-OH is 1. The smallest absolute Gasteiger partial charge is 0.119 e. The molecule has 0 saturated heterocycles. The largest absolute Gasteiger partial charge is 1.00 e. The van der Waals surface area contributed by atoms with Crippen molar-refractivity contribution >= 4 is 0 Å². The molecular weight excluding hydrogens is 214 g/mol. The number of benzene rings is 1. The van der Waals surface area contributed by atoms with Crippen LogP contribution in [0.1, 0.15) is 12.5 Å². The second-order valence-corrected chi connectivity index (χ2v) is 2.98. The molecule has 0 aromatic heterocycles. The molecule has 2 N–H and O–H groups in total. The van der Waals surface area contributed by atoms with Gasteiger partial charge in [-0.3, -0.25) is 0 Å². The van der Waals surface area contributed by atoms with E-state index in [0.29, 0.717) is 13.2 Å². The maximum atomic E-state index is 8.60. The highest BCUT2D eigenvalue weighted by atomic mass is 35.5. The molecule has 0 atom stereocenters. The number of nitrogens with one attached hydrogen (secondary N) is 1. The summed E-state index contributed by atoms with van der Waals surface area (Å²) < 4.78 is 5.38. The first-order valence-corrected chi connectivity index (χ1v) is 4.90. The number of hydrogen-bond donors (Lipinski definition) is 2. The predicted molar refractivity (Wildman–Crippen MR) is 56.4 cm³/mol. The molecule has 0 saturated carbocycles. The van der Waals surface area contributed by atoms with Crippen LogP contribution in [0.2, 0.25) is 0 Å². The monoisotopic (exact) mass is 230 g/mol. The Hall–Kier alpha value is -0.770. The molecule has 1 rings (SSSR count). The summed E-state index contributed by atoms with van der Waals surface area (Å²) in [6, 6.07) is 7.96. The van der Waals surface area contributed by atoms with Gasteiger partial charge in [-0.1, -0.05) is 12.1 Å². The number of aliphatic hydroxyl groups is 1. The van der Waals surface area contributed by atoms with E-state index >= 15 is 0 Å². The molecule has 15 heavy (non-hydrogen) atoms. The Morgan fingerprint density at radius 2 is 2.20 bits per heavy atom. The van der Waals surface area contributed by atoms with Crippen molar-refractivity contribution in [1.82, 2.24) is 5.32 Å². The fourth-order valence-corrected chi connectivity index (χ4v) is 1.22. The fraction of sp³-hybridized carbons (Fsp3) is 0.455. The molecule has 0 aliphatic heterocycles. The van der Waals surface area contributed by atoms with Gasteiger partial charge in [-0.2, -0.15) is 0 Å². The third kappa shape index (κ3) is 5.62. The molecule has 1 aromatic rings. The third-order valence-corrected chi connectivity index (χ3v) is 1.83. The van der Waals surface area contributed by atoms with E-state index in [1.54, 1.807) is 0 Å². The first-order valence-electron chi connectivity index (χ1n) is 4.90. The molecule has 0 unspecified atom stereocenters. The molecule has 0 heterocycles. The van der Waals surface area contributed by atoms with Gasteiger partial charge in [0.15, 0.2) is 0 Å². The summed E-state index contributed by atoms with van der Waals surface area (Å²) in [5.41, 5.74) is 1.17. The van der Waals surface area contributed by atoms with Crippen LogP contribution in [0, 0.1) is 0 Å². The molecule has 1 aromatic carbocycles. The standard InChI is InChI=1S/C11H17NO2.ClH/c1-2-14-11-5-3-4-10(8-11)9-12-6-7-13;/h3-5,8,12-13H,2,6-7,9H2,1H3;1H/p-1. The zero-order chi connectivity index (χ0) is 10.2. The Labute approximate surface area is 96.9 Å². The Morgan fingerprint density at radius 1 is 1.40 bits per heavy atom. The van der Waals surface area contributed by atoms with Crippen LogP contribution < -0.4 is 22.5 Å². The fourth-order valence-electron chi connectivity index (χ4n) is 1.22. The van der Waals surface area contributed by atoms with Crippen molar-refractivity contribution in [3.05, 3.63) is 29.8 Å². The molecule has 86 valence electrons. The summed E-state index contributed by atoms with van der Waals surface area (Å²) in [4.78, 5) is 0. The van der Waals surface area contributed by atoms with Crippen LogP contribution in [-0.4, -0.2) is 24.9 Å². The maximum absolute atomic E-state index is 8.60. The second-order valence-electron chi connectivity index (χ2n) is 2.98. The van der Waals surface area contributed by atoms with Gasteiger partial charge in [0, 0.05) is 13.1 Å². The van der Waals surface area contributed by atoms with Crippen LogP contribution >= 0.6 is 0 Å². The van der Waals surface area contributed by atoms with Crippen LogP contribution in [0.25, 0.3) is 0 Å². The van der Waals surface area contributed by atoms with E-state index in [4.69, 9.17) is 9.84 Å². The normalized spacial score (nSPS) is 9.47. The van der Waals surface area contributed by atoms with Crippen LogP contribution in [0.3, 0.4) is 0 Å². The predicted octanol–water partition coefficient (Wildman–Crippen LogP) is -1.83. The zero-order valence-corrected chi connectivity index (χ0v) is 9.63. The van der Waals surface area contributed by atoms with Crippen molar-refractivity contribution in [3.8, 4) is 5.75 Å². The topological polar surface area (TPSA) is 41.5 Å². The van der Waals surface area contributed by atoms with Crippen LogP contribution in [0.15, 0.2) is 24.3 Å². The Morgan fingerprint density at radius 3 is 2.87 bits per heavy atom. The van der Waals surface area contributed by atoms with Gasteiger partial charge in [-0.25, -0.2) is 0 Å². The minimum atomic E-state index is 0. The first kappa shape index (κ1) is 14.2. The lowest BCUT2D eigenvalue weighted by Crippen LogP contribution is -3.00. The molecule has 0 aliphatic carbocycles. The van der Waals surface area contributed by atoms with E-state index in [0.717, 1.165) is 12.3 Å². The maximum Gasteiger partial charge on any atom is 0.119 e. The van der Waals surface area contributed by atoms with E-state index in [2.05, 4.69) is 5.32 Å². The molecule has 0 amide bonds. The molecule has 0 radical (unpaired) electrons. The Bertz CT molecular complexity index is 269. The lowest BCUT2D eigenvalue weighted by Gasteiger charge is -2.06. The number of ether oxygens (including phenoxy) is 1. The number of rotatable bonds is 6. The molecule has 3 nitrogen and oxygen atoms in total. The van der Waals surface area contributed by atoms with E-state index in [-0.39, 0.29) is 19.0 Å². The molecule has 0 bridgehead atoms. The van der Waals surface area contributed by atoms with Gasteiger partial charge in [0.25, 0.3) is 0 Å². The number of halogens is 1. The van der Waals surface area contributed by atoms with Crippen molar-refractivity contribution in [2.75, 3.05) is 19.8 Å². The summed E-state index contributed by atoms with van der Waals surface area (Å²) in [5, 5.41) is 11.7. The summed E-state index contributed by atoms with van der Waals surface area (Å²) in [6.45, 7) is 4.22. The van der Waals surface area contributed by atoms with Gasteiger partial charge in [-0.15, -0.1) is 0 Å². The Balaban J connectivity index is 0.00000196. The van der Waals surface area contributed by atoms with Crippen molar-refractivity contribution in [1.29, 1.82) is 0 Å². The molecule has 0 spiro atoms. The summed E-state index contributed by atoms with van der Waals surface area (Å²) >= 11 is 0. The van der Waals surface area contributed by atoms with Gasteiger partial charge in [0.2, 0.25) is 0 Å². The highest BCUT2D eigenvalue weighted by Crippen LogP contribution is 2.12.